The smallest absolute Gasteiger partial charge is 0.239 e. The summed E-state index contributed by atoms with van der Waals surface area (Å²) >= 11 is 0. The van der Waals surface area contributed by atoms with Gasteiger partial charge in [-0.05, 0) is 50.7 Å². The highest BCUT2D eigenvalue weighted by molar-refractivity contribution is 5.94. The molecule has 9 nitrogen and oxygen atoms in total. The van der Waals surface area contributed by atoms with Crippen LogP contribution >= 0.6 is 0 Å². The van der Waals surface area contributed by atoms with Crippen LogP contribution < -0.4 is 15.4 Å². The molecule has 2 rings (SSSR count). The molecule has 9 heteroatoms. The summed E-state index contributed by atoms with van der Waals surface area (Å²) in [6.07, 6.45) is 0. The molecule has 0 radical (unpaired) electrons. The van der Waals surface area contributed by atoms with E-state index in [-0.39, 0.29) is 24.9 Å². The van der Waals surface area contributed by atoms with E-state index >= 15 is 0 Å². The number of hydrogen-bond acceptors (Lipinski definition) is 6. The van der Waals surface area contributed by atoms with Crippen molar-refractivity contribution in [2.75, 3.05) is 52.8 Å². The summed E-state index contributed by atoms with van der Waals surface area (Å²) in [6.45, 7) is 4.64. The number of methoxy groups -OCH3 is 2. The van der Waals surface area contributed by atoms with E-state index in [0.29, 0.717) is 30.3 Å². The van der Waals surface area contributed by atoms with Crippen LogP contribution in [0.2, 0.25) is 0 Å². The van der Waals surface area contributed by atoms with Gasteiger partial charge in [0.1, 0.15) is 17.6 Å². The number of rotatable bonds is 10. The van der Waals surface area contributed by atoms with Crippen LogP contribution in [-0.2, 0) is 14.3 Å². The first-order valence-corrected chi connectivity index (χ1v) is 9.82. The Bertz CT molecular complexity index is 960. The maximum Gasteiger partial charge on any atom is 0.239 e. The molecule has 166 valence electrons. The zero-order valence-electron chi connectivity index (χ0n) is 18.6. The quantitative estimate of drug-likeness (QED) is 0.558. The second kappa shape index (κ2) is 11.2. The minimum absolute atomic E-state index is 0.00550. The Morgan fingerprint density at radius 3 is 2.35 bits per heavy atom. The third-order valence-electron chi connectivity index (χ3n) is 4.87. The Balaban J connectivity index is 2.18. The number of amides is 2. The van der Waals surface area contributed by atoms with Gasteiger partial charge in [-0.1, -0.05) is 0 Å². The Kier molecular flexibility index (Phi) is 8.61. The average molecular weight is 428 g/mol. The van der Waals surface area contributed by atoms with Crippen LogP contribution in [0.3, 0.4) is 0 Å². The highest BCUT2D eigenvalue weighted by Gasteiger charge is 2.21. The lowest BCUT2D eigenvalue weighted by molar-refractivity contribution is -0.123. The fraction of sp³-hybridized carbons (Fsp3) is 0.409. The van der Waals surface area contributed by atoms with E-state index in [4.69, 9.17) is 9.47 Å². The summed E-state index contributed by atoms with van der Waals surface area (Å²) in [7, 11) is 4.83. The molecule has 0 saturated heterocycles. The van der Waals surface area contributed by atoms with Gasteiger partial charge in [0, 0.05) is 25.0 Å². The van der Waals surface area contributed by atoms with E-state index < -0.39 is 0 Å². The van der Waals surface area contributed by atoms with E-state index in [1.165, 1.54) is 0 Å². The fourth-order valence-corrected chi connectivity index (χ4v) is 3.18. The van der Waals surface area contributed by atoms with Crippen LogP contribution in [0.25, 0.3) is 5.69 Å². The lowest BCUT2D eigenvalue weighted by Gasteiger charge is -2.17. The molecule has 31 heavy (non-hydrogen) atoms. The van der Waals surface area contributed by atoms with Crippen LogP contribution in [-0.4, -0.2) is 68.8 Å². The second-order valence-electron chi connectivity index (χ2n) is 7.14. The van der Waals surface area contributed by atoms with Gasteiger partial charge in [-0.25, -0.2) is 0 Å². The van der Waals surface area contributed by atoms with Crippen LogP contribution in [0, 0.1) is 25.2 Å². The van der Waals surface area contributed by atoms with Crippen LogP contribution in [0.4, 0.5) is 5.82 Å². The van der Waals surface area contributed by atoms with Gasteiger partial charge < -0.3 is 20.1 Å². The SMILES string of the molecule is COCCNC(=O)CN(C)CC(=O)Nc1c(C#N)c(C)c(C)n1-c1ccc(OC)cc1. The molecule has 0 aliphatic rings. The molecule has 0 saturated carbocycles. The van der Waals surface area contributed by atoms with Crippen molar-refractivity contribution in [3.8, 4) is 17.5 Å². The van der Waals surface area contributed by atoms with Gasteiger partial charge in [0.2, 0.25) is 11.8 Å². The highest BCUT2D eigenvalue weighted by atomic mass is 16.5. The number of ether oxygens (including phenoxy) is 2. The molecule has 2 aromatic rings. The van der Waals surface area contributed by atoms with Gasteiger partial charge in [0.15, 0.2) is 0 Å². The number of benzene rings is 1. The van der Waals surface area contributed by atoms with Crippen LogP contribution in [0.15, 0.2) is 24.3 Å². The molecule has 0 atom stereocenters. The zero-order chi connectivity index (χ0) is 23.0. The van der Waals surface area contributed by atoms with E-state index in [2.05, 4.69) is 16.7 Å². The topological polar surface area (TPSA) is 109 Å². The summed E-state index contributed by atoms with van der Waals surface area (Å²) in [5.74, 6) is 0.599. The van der Waals surface area contributed by atoms with E-state index in [0.717, 1.165) is 16.9 Å². The normalized spacial score (nSPS) is 10.6. The van der Waals surface area contributed by atoms with E-state index in [9.17, 15) is 14.9 Å². The van der Waals surface area contributed by atoms with Gasteiger partial charge in [0.25, 0.3) is 0 Å². The molecule has 0 unspecified atom stereocenters. The van der Waals surface area contributed by atoms with Crippen molar-refractivity contribution in [1.82, 2.24) is 14.8 Å². The van der Waals surface area contributed by atoms with Gasteiger partial charge in [-0.15, -0.1) is 0 Å². The number of hydrogen-bond donors (Lipinski definition) is 2. The summed E-state index contributed by atoms with van der Waals surface area (Å²) < 4.78 is 11.9. The van der Waals surface area contributed by atoms with Crippen molar-refractivity contribution < 1.29 is 19.1 Å². The van der Waals surface area contributed by atoms with Gasteiger partial charge in [-0.3, -0.25) is 19.1 Å². The number of aromatic nitrogens is 1. The molecule has 0 fully saturated rings. The van der Waals surface area contributed by atoms with Gasteiger partial charge >= 0.3 is 0 Å². The summed E-state index contributed by atoms with van der Waals surface area (Å²) in [5, 5.41) is 15.2. The number of likely N-dealkylation sites (N-methyl/N-ethyl adjacent to an activating group) is 1. The summed E-state index contributed by atoms with van der Waals surface area (Å²) in [4.78, 5) is 26.2. The van der Waals surface area contributed by atoms with E-state index in [1.54, 1.807) is 26.2 Å². The Labute approximate surface area is 182 Å². The minimum atomic E-state index is -0.323. The third-order valence-corrected chi connectivity index (χ3v) is 4.87. The van der Waals surface area contributed by atoms with Crippen molar-refractivity contribution in [2.45, 2.75) is 13.8 Å². The number of anilines is 1. The molecule has 0 bridgehead atoms. The maximum absolute atomic E-state index is 12.7. The first-order chi connectivity index (χ1) is 14.8. The lowest BCUT2D eigenvalue weighted by Crippen LogP contribution is -2.40. The first kappa shape index (κ1) is 23.9. The van der Waals surface area contributed by atoms with Crippen molar-refractivity contribution >= 4 is 17.6 Å². The zero-order valence-corrected chi connectivity index (χ0v) is 18.6. The summed E-state index contributed by atoms with van der Waals surface area (Å²) in [6, 6.07) is 9.54. The number of nitriles is 1. The molecule has 0 aliphatic carbocycles. The minimum Gasteiger partial charge on any atom is -0.497 e. The molecular weight excluding hydrogens is 398 g/mol. The van der Waals surface area contributed by atoms with Crippen LogP contribution in [0.1, 0.15) is 16.8 Å². The monoisotopic (exact) mass is 427 g/mol. The largest absolute Gasteiger partial charge is 0.497 e. The molecule has 0 spiro atoms. The predicted molar refractivity (Wildman–Crippen MR) is 118 cm³/mol. The van der Waals surface area contributed by atoms with Gasteiger partial charge in [0.05, 0.1) is 32.4 Å². The number of nitrogens with zero attached hydrogens (tertiary/aromatic N) is 3. The predicted octanol–water partition coefficient (Wildman–Crippen LogP) is 1.61. The van der Waals surface area contributed by atoms with Crippen molar-refractivity contribution in [1.29, 1.82) is 5.26 Å². The Morgan fingerprint density at radius 1 is 1.13 bits per heavy atom. The molecule has 2 N–H and O–H groups in total. The van der Waals surface area contributed by atoms with Crippen LogP contribution in [0.5, 0.6) is 5.75 Å². The first-order valence-electron chi connectivity index (χ1n) is 9.82. The number of nitrogens with one attached hydrogen (secondary N) is 2. The van der Waals surface area contributed by atoms with Crippen molar-refractivity contribution in [3.63, 3.8) is 0 Å². The standard InChI is InChI=1S/C22H29N5O4/c1-15-16(2)27(17-6-8-18(31-5)9-7-17)22(19(15)12-23)25-21(29)14-26(3)13-20(28)24-10-11-30-4/h6-9H,10-11,13-14H2,1-5H3,(H,24,28)(H,25,29). The molecule has 1 aromatic heterocycles. The second-order valence-corrected chi connectivity index (χ2v) is 7.14. The van der Waals surface area contributed by atoms with Crippen molar-refractivity contribution in [2.24, 2.45) is 0 Å². The molecule has 0 aliphatic heterocycles. The number of carbonyl (C=O) groups excluding carboxylic acids is 2. The molecule has 1 heterocycles. The van der Waals surface area contributed by atoms with Gasteiger partial charge in [-0.2, -0.15) is 5.26 Å². The fourth-order valence-electron chi connectivity index (χ4n) is 3.18. The molecule has 2 amide bonds. The average Bonchev–Trinajstić information content (AvgIpc) is 2.97. The van der Waals surface area contributed by atoms with E-state index in [1.807, 2.05) is 42.7 Å². The third kappa shape index (κ3) is 6.07. The number of carbonyl (C=O) groups is 2. The molecule has 1 aromatic carbocycles. The lowest BCUT2D eigenvalue weighted by atomic mass is 10.2. The highest BCUT2D eigenvalue weighted by Crippen LogP contribution is 2.30. The van der Waals surface area contributed by atoms with Crippen molar-refractivity contribution in [3.05, 3.63) is 41.1 Å². The summed E-state index contributed by atoms with van der Waals surface area (Å²) in [5.41, 5.74) is 2.84. The Morgan fingerprint density at radius 2 is 1.77 bits per heavy atom. The maximum atomic E-state index is 12.7. The Hall–Kier alpha value is -3.35. The molecular formula is C22H29N5O4.